The highest BCUT2D eigenvalue weighted by atomic mass is 79.9. The van der Waals surface area contributed by atoms with Crippen molar-refractivity contribution in [1.82, 2.24) is 4.98 Å². The van der Waals surface area contributed by atoms with Gasteiger partial charge in [-0.1, -0.05) is 15.9 Å². The lowest BCUT2D eigenvalue weighted by atomic mass is 10.2. The van der Waals surface area contributed by atoms with Crippen LogP contribution in [0.5, 0.6) is 11.6 Å². The average molecular weight is 313 g/mol. The van der Waals surface area contributed by atoms with E-state index in [9.17, 15) is 0 Å². The number of pyridine rings is 1. The van der Waals surface area contributed by atoms with Gasteiger partial charge >= 0.3 is 0 Å². The third-order valence-corrected chi connectivity index (χ3v) is 3.11. The van der Waals surface area contributed by atoms with Crippen LogP contribution in [0.3, 0.4) is 0 Å². The van der Waals surface area contributed by atoms with E-state index in [1.165, 1.54) is 0 Å². The van der Waals surface area contributed by atoms with Gasteiger partial charge in [-0.25, -0.2) is 4.98 Å². The van der Waals surface area contributed by atoms with Gasteiger partial charge in [0.15, 0.2) is 0 Å². The maximum Gasteiger partial charge on any atom is 0.219 e. The van der Waals surface area contributed by atoms with Gasteiger partial charge in [0, 0.05) is 22.6 Å². The molecule has 1 aromatic heterocycles. The molecule has 2 nitrogen and oxygen atoms in total. The molecule has 0 bridgehead atoms. The zero-order chi connectivity index (χ0) is 12.3. The van der Waals surface area contributed by atoms with Crippen LogP contribution in [0.1, 0.15) is 11.1 Å². The van der Waals surface area contributed by atoms with Crippen LogP contribution in [-0.4, -0.2) is 4.98 Å². The second-order valence-electron chi connectivity index (χ2n) is 3.65. The molecule has 0 aliphatic carbocycles. The van der Waals surface area contributed by atoms with Crippen molar-refractivity contribution in [3.05, 3.63) is 52.1 Å². The third-order valence-electron chi connectivity index (χ3n) is 2.31. The number of nitrogens with zero attached hydrogens (tertiary/aromatic N) is 1. The third kappa shape index (κ3) is 3.20. The lowest BCUT2D eigenvalue weighted by Crippen LogP contribution is -1.91. The van der Waals surface area contributed by atoms with E-state index in [1.54, 1.807) is 6.20 Å². The van der Waals surface area contributed by atoms with Gasteiger partial charge in [0.2, 0.25) is 5.88 Å². The van der Waals surface area contributed by atoms with Gasteiger partial charge in [-0.15, -0.1) is 11.6 Å². The smallest absolute Gasteiger partial charge is 0.219 e. The topological polar surface area (TPSA) is 22.1 Å². The predicted molar refractivity (Wildman–Crippen MR) is 72.7 cm³/mol. The predicted octanol–water partition coefficient (Wildman–Crippen LogP) is 4.68. The fraction of sp³-hybridized carbons (Fsp3) is 0.154. The summed E-state index contributed by atoms with van der Waals surface area (Å²) in [5, 5.41) is 0. The van der Waals surface area contributed by atoms with Crippen molar-refractivity contribution < 1.29 is 4.74 Å². The van der Waals surface area contributed by atoms with Gasteiger partial charge in [0.05, 0.1) is 0 Å². The monoisotopic (exact) mass is 311 g/mol. The van der Waals surface area contributed by atoms with Crippen LogP contribution in [0.25, 0.3) is 0 Å². The van der Waals surface area contributed by atoms with Crippen molar-refractivity contribution in [3.63, 3.8) is 0 Å². The van der Waals surface area contributed by atoms with Crippen LogP contribution in [-0.2, 0) is 5.88 Å². The van der Waals surface area contributed by atoms with Crippen molar-refractivity contribution in [2.45, 2.75) is 12.8 Å². The molecule has 2 aromatic rings. The summed E-state index contributed by atoms with van der Waals surface area (Å²) in [6.45, 7) is 1.99. The van der Waals surface area contributed by atoms with Crippen LogP contribution in [0.4, 0.5) is 0 Å². The van der Waals surface area contributed by atoms with E-state index in [-0.39, 0.29) is 0 Å². The minimum Gasteiger partial charge on any atom is -0.439 e. The minimum atomic E-state index is 0.457. The number of hydrogen-bond donors (Lipinski definition) is 0. The minimum absolute atomic E-state index is 0.457. The molecule has 2 rings (SSSR count). The molecule has 4 heteroatoms. The Kier molecular flexibility index (Phi) is 4.02. The van der Waals surface area contributed by atoms with Gasteiger partial charge in [0.25, 0.3) is 0 Å². The fourth-order valence-electron chi connectivity index (χ4n) is 1.43. The summed E-state index contributed by atoms with van der Waals surface area (Å²) < 4.78 is 6.75. The van der Waals surface area contributed by atoms with Crippen molar-refractivity contribution in [2.24, 2.45) is 0 Å². The Bertz CT molecular complexity index is 531. The molecule has 17 heavy (non-hydrogen) atoms. The van der Waals surface area contributed by atoms with Crippen molar-refractivity contribution in [1.29, 1.82) is 0 Å². The molecule has 0 N–H and O–H groups in total. The standard InChI is InChI=1S/C13H11BrClNO/c1-9-6-11(14)2-3-12(9)17-13-7-10(8-15)4-5-16-13/h2-7H,8H2,1H3. The van der Waals surface area contributed by atoms with Crippen molar-refractivity contribution >= 4 is 27.5 Å². The molecule has 0 amide bonds. The van der Waals surface area contributed by atoms with Crippen LogP contribution < -0.4 is 4.74 Å². The number of aromatic nitrogens is 1. The van der Waals surface area contributed by atoms with Gasteiger partial charge in [-0.2, -0.15) is 0 Å². The summed E-state index contributed by atoms with van der Waals surface area (Å²) in [4.78, 5) is 4.15. The first-order valence-corrected chi connectivity index (χ1v) is 6.46. The Morgan fingerprint density at radius 3 is 2.82 bits per heavy atom. The Morgan fingerprint density at radius 2 is 2.12 bits per heavy atom. The van der Waals surface area contributed by atoms with Crippen LogP contribution in [0.15, 0.2) is 41.0 Å². The summed E-state index contributed by atoms with van der Waals surface area (Å²) in [6, 6.07) is 9.56. The number of alkyl halides is 1. The van der Waals surface area contributed by atoms with Crippen molar-refractivity contribution in [2.75, 3.05) is 0 Å². The van der Waals surface area contributed by atoms with E-state index in [0.717, 1.165) is 21.3 Å². The SMILES string of the molecule is Cc1cc(Br)ccc1Oc1cc(CCl)ccn1. The number of aryl methyl sites for hydroxylation is 1. The summed E-state index contributed by atoms with van der Waals surface area (Å²) in [5.74, 6) is 1.82. The highest BCUT2D eigenvalue weighted by Gasteiger charge is 2.03. The molecule has 0 spiro atoms. The van der Waals surface area contributed by atoms with E-state index in [0.29, 0.717) is 11.8 Å². The molecule has 1 aromatic carbocycles. The molecule has 0 fully saturated rings. The van der Waals surface area contributed by atoms with E-state index < -0.39 is 0 Å². The second-order valence-corrected chi connectivity index (χ2v) is 4.83. The first kappa shape index (κ1) is 12.4. The van der Waals surface area contributed by atoms with Crippen LogP contribution >= 0.6 is 27.5 Å². The summed E-state index contributed by atoms with van der Waals surface area (Å²) >= 11 is 9.18. The van der Waals surface area contributed by atoms with Crippen LogP contribution in [0, 0.1) is 6.92 Å². The molecule has 0 radical (unpaired) electrons. The lowest BCUT2D eigenvalue weighted by Gasteiger charge is -2.08. The maximum atomic E-state index is 5.76. The summed E-state index contributed by atoms with van der Waals surface area (Å²) in [6.07, 6.45) is 1.70. The maximum absolute atomic E-state index is 5.76. The Morgan fingerprint density at radius 1 is 1.29 bits per heavy atom. The van der Waals surface area contributed by atoms with E-state index >= 15 is 0 Å². The second kappa shape index (κ2) is 5.52. The Labute approximate surface area is 114 Å². The zero-order valence-corrected chi connectivity index (χ0v) is 11.6. The molecule has 0 aliphatic rings. The normalized spacial score (nSPS) is 10.3. The van der Waals surface area contributed by atoms with Gasteiger partial charge < -0.3 is 4.74 Å². The molecule has 88 valence electrons. The summed E-state index contributed by atoms with van der Waals surface area (Å²) in [7, 11) is 0. The molecule has 0 unspecified atom stereocenters. The molecular formula is C13H11BrClNO. The molecule has 0 saturated heterocycles. The first-order chi connectivity index (χ1) is 8.19. The van der Waals surface area contributed by atoms with Crippen LogP contribution in [0.2, 0.25) is 0 Å². The van der Waals surface area contributed by atoms with E-state index in [2.05, 4.69) is 20.9 Å². The van der Waals surface area contributed by atoms with E-state index in [1.807, 2.05) is 37.3 Å². The number of hydrogen-bond acceptors (Lipinski definition) is 2. The zero-order valence-electron chi connectivity index (χ0n) is 9.28. The number of benzene rings is 1. The molecule has 1 heterocycles. The number of halogens is 2. The largest absolute Gasteiger partial charge is 0.439 e. The van der Waals surface area contributed by atoms with Crippen molar-refractivity contribution in [3.8, 4) is 11.6 Å². The van der Waals surface area contributed by atoms with E-state index in [4.69, 9.17) is 16.3 Å². The number of ether oxygens (including phenoxy) is 1. The Balaban J connectivity index is 2.25. The highest BCUT2D eigenvalue weighted by Crippen LogP contribution is 2.26. The average Bonchev–Trinajstić information content (AvgIpc) is 2.33. The number of rotatable bonds is 3. The fourth-order valence-corrected chi connectivity index (χ4v) is 2.07. The molecule has 0 saturated carbocycles. The molecule has 0 atom stereocenters. The first-order valence-electron chi connectivity index (χ1n) is 5.14. The van der Waals surface area contributed by atoms with Gasteiger partial charge in [0.1, 0.15) is 5.75 Å². The Hall–Kier alpha value is -1.06. The summed E-state index contributed by atoms with van der Waals surface area (Å²) in [5.41, 5.74) is 2.05. The molecular weight excluding hydrogens is 302 g/mol. The molecule has 0 aliphatic heterocycles. The lowest BCUT2D eigenvalue weighted by molar-refractivity contribution is 0.459. The quantitative estimate of drug-likeness (QED) is 0.767. The highest BCUT2D eigenvalue weighted by molar-refractivity contribution is 9.10. The van der Waals surface area contributed by atoms with Gasteiger partial charge in [-0.3, -0.25) is 0 Å². The van der Waals surface area contributed by atoms with Gasteiger partial charge in [-0.05, 0) is 42.3 Å².